The quantitative estimate of drug-likeness (QED) is 0.774. The first-order valence-electron chi connectivity index (χ1n) is 8.30. The lowest BCUT2D eigenvalue weighted by atomic mass is 9.97. The van der Waals surface area contributed by atoms with Gasteiger partial charge in [-0.05, 0) is 17.7 Å². The third-order valence-corrected chi connectivity index (χ3v) is 4.17. The van der Waals surface area contributed by atoms with Gasteiger partial charge in [0, 0.05) is 45.6 Å². The molecule has 0 saturated heterocycles. The van der Waals surface area contributed by atoms with Gasteiger partial charge in [0.15, 0.2) is 5.82 Å². The van der Waals surface area contributed by atoms with Crippen molar-refractivity contribution in [3.63, 3.8) is 0 Å². The number of rotatable bonds is 6. The van der Waals surface area contributed by atoms with E-state index in [1.54, 1.807) is 38.4 Å². The second kappa shape index (κ2) is 8.01. The summed E-state index contributed by atoms with van der Waals surface area (Å²) in [4.78, 5) is 28.9. The van der Waals surface area contributed by atoms with Gasteiger partial charge in [-0.1, -0.05) is 12.1 Å². The summed E-state index contributed by atoms with van der Waals surface area (Å²) in [5, 5.41) is 12.5. The molecule has 2 rings (SSSR count). The van der Waals surface area contributed by atoms with Crippen LogP contribution in [-0.4, -0.2) is 51.6 Å². The maximum absolute atomic E-state index is 13.4. The van der Waals surface area contributed by atoms with Crippen LogP contribution in [0.4, 0.5) is 13.2 Å². The fraction of sp³-hybridized carbons (Fsp3) is 0.389. The number of hydrogen-bond donors (Lipinski definition) is 2. The van der Waals surface area contributed by atoms with Crippen molar-refractivity contribution in [1.29, 1.82) is 0 Å². The van der Waals surface area contributed by atoms with Gasteiger partial charge in [0.1, 0.15) is 0 Å². The zero-order chi connectivity index (χ0) is 21.1. The van der Waals surface area contributed by atoms with Crippen LogP contribution in [0.5, 0.6) is 0 Å². The van der Waals surface area contributed by atoms with Crippen LogP contribution in [0.1, 0.15) is 28.2 Å². The molecule has 1 aromatic heterocycles. The lowest BCUT2D eigenvalue weighted by molar-refractivity contribution is -0.271. The third kappa shape index (κ3) is 4.50. The number of nitrogens with one attached hydrogen (secondary N) is 1. The van der Waals surface area contributed by atoms with Crippen LogP contribution >= 0.6 is 0 Å². The molecule has 0 aliphatic rings. The number of benzene rings is 1. The summed E-state index contributed by atoms with van der Waals surface area (Å²) < 4.78 is 41.3. The number of aryl methyl sites for hydroxylation is 1. The second-order valence-corrected chi connectivity index (χ2v) is 6.57. The highest BCUT2D eigenvalue weighted by molar-refractivity contribution is 5.93. The minimum Gasteiger partial charge on any atom is -0.374 e. The van der Waals surface area contributed by atoms with Crippen molar-refractivity contribution in [3.05, 3.63) is 53.6 Å². The molecule has 0 spiro atoms. The smallest absolute Gasteiger partial charge is 0.374 e. The van der Waals surface area contributed by atoms with E-state index in [1.807, 2.05) is 0 Å². The van der Waals surface area contributed by atoms with E-state index in [1.165, 1.54) is 18.1 Å². The van der Waals surface area contributed by atoms with E-state index in [0.717, 1.165) is 10.8 Å². The van der Waals surface area contributed by atoms with E-state index in [-0.39, 0.29) is 12.5 Å². The maximum atomic E-state index is 13.4. The molecule has 28 heavy (non-hydrogen) atoms. The fourth-order valence-electron chi connectivity index (χ4n) is 2.59. The normalized spacial score (nSPS) is 13.7. The fourth-order valence-corrected chi connectivity index (χ4v) is 2.59. The molecule has 2 amide bonds. The Kier molecular flexibility index (Phi) is 6.13. The molecule has 1 heterocycles. The Morgan fingerprint density at radius 3 is 2.29 bits per heavy atom. The van der Waals surface area contributed by atoms with Gasteiger partial charge in [-0.25, -0.2) is 4.98 Å². The summed E-state index contributed by atoms with van der Waals surface area (Å²) in [6.45, 7) is -0.0518. The SMILES string of the molecule is CN(C)C(=O)c1ccc(CNC(=O)CC(O)(c2nccn2C)C(F)(F)F)cc1. The van der Waals surface area contributed by atoms with Gasteiger partial charge < -0.3 is 19.9 Å². The topological polar surface area (TPSA) is 87.5 Å². The van der Waals surface area contributed by atoms with Gasteiger partial charge in [0.25, 0.3) is 5.91 Å². The number of carbonyl (C=O) groups excluding carboxylic acids is 2. The summed E-state index contributed by atoms with van der Waals surface area (Å²) in [5.74, 6) is -1.85. The van der Waals surface area contributed by atoms with Crippen molar-refractivity contribution in [2.45, 2.75) is 24.7 Å². The summed E-state index contributed by atoms with van der Waals surface area (Å²) in [6, 6.07) is 6.30. The average Bonchev–Trinajstić information content (AvgIpc) is 3.05. The van der Waals surface area contributed by atoms with Gasteiger partial charge in [0.05, 0.1) is 6.42 Å². The molecule has 0 aliphatic heterocycles. The number of alkyl halides is 3. The van der Waals surface area contributed by atoms with E-state index < -0.39 is 29.9 Å². The average molecular weight is 398 g/mol. The molecule has 1 aromatic carbocycles. The van der Waals surface area contributed by atoms with Crippen LogP contribution in [0, 0.1) is 0 Å². The first kappa shape index (κ1) is 21.4. The molecule has 2 aromatic rings. The lowest BCUT2D eigenvalue weighted by Gasteiger charge is -2.29. The molecule has 10 heteroatoms. The highest BCUT2D eigenvalue weighted by atomic mass is 19.4. The number of hydrogen-bond acceptors (Lipinski definition) is 4. The predicted octanol–water partition coefficient (Wildman–Crippen LogP) is 1.58. The van der Waals surface area contributed by atoms with Gasteiger partial charge in [-0.2, -0.15) is 13.2 Å². The van der Waals surface area contributed by atoms with Crippen molar-refractivity contribution in [2.24, 2.45) is 7.05 Å². The minimum absolute atomic E-state index is 0.0518. The van der Waals surface area contributed by atoms with E-state index in [4.69, 9.17) is 0 Å². The van der Waals surface area contributed by atoms with Crippen molar-refractivity contribution < 1.29 is 27.9 Å². The van der Waals surface area contributed by atoms with Crippen LogP contribution in [0.2, 0.25) is 0 Å². The Labute approximate surface area is 159 Å². The Morgan fingerprint density at radius 2 is 1.82 bits per heavy atom. The summed E-state index contributed by atoms with van der Waals surface area (Å²) >= 11 is 0. The van der Waals surface area contributed by atoms with Crippen molar-refractivity contribution in [3.8, 4) is 0 Å². The molecule has 152 valence electrons. The Bertz CT molecular complexity index is 847. The van der Waals surface area contributed by atoms with Crippen LogP contribution in [0.25, 0.3) is 0 Å². The summed E-state index contributed by atoms with van der Waals surface area (Å²) in [5.41, 5.74) is -2.37. The zero-order valence-corrected chi connectivity index (χ0v) is 15.6. The van der Waals surface area contributed by atoms with E-state index >= 15 is 0 Å². The largest absolute Gasteiger partial charge is 0.425 e. The molecule has 1 unspecified atom stereocenters. The predicted molar refractivity (Wildman–Crippen MR) is 94.1 cm³/mol. The van der Waals surface area contributed by atoms with Gasteiger partial charge in [-0.3, -0.25) is 9.59 Å². The number of imidazole rings is 1. The third-order valence-electron chi connectivity index (χ3n) is 4.17. The van der Waals surface area contributed by atoms with Gasteiger partial charge in [-0.15, -0.1) is 0 Å². The summed E-state index contributed by atoms with van der Waals surface area (Å²) in [7, 11) is 4.52. The van der Waals surface area contributed by atoms with Gasteiger partial charge >= 0.3 is 6.18 Å². The van der Waals surface area contributed by atoms with Crippen molar-refractivity contribution in [2.75, 3.05) is 14.1 Å². The first-order valence-corrected chi connectivity index (χ1v) is 8.30. The lowest BCUT2D eigenvalue weighted by Crippen LogP contribution is -2.47. The molecule has 0 fully saturated rings. The molecule has 0 saturated carbocycles. The number of carbonyl (C=O) groups is 2. The van der Waals surface area contributed by atoms with Crippen molar-refractivity contribution in [1.82, 2.24) is 19.8 Å². The molecule has 0 bridgehead atoms. The standard InChI is InChI=1S/C18H21F3N4O3/c1-24(2)15(27)13-6-4-12(5-7-13)11-23-14(26)10-17(28,18(19,20)21)16-22-8-9-25(16)3/h4-9,28H,10-11H2,1-3H3,(H,23,26). The number of aromatic nitrogens is 2. The van der Waals surface area contributed by atoms with Crippen LogP contribution in [-0.2, 0) is 24.0 Å². The van der Waals surface area contributed by atoms with Gasteiger partial charge in [0.2, 0.25) is 11.5 Å². The molecular formula is C18H21F3N4O3. The Morgan fingerprint density at radius 1 is 1.21 bits per heavy atom. The van der Waals surface area contributed by atoms with E-state index in [2.05, 4.69) is 10.3 Å². The van der Waals surface area contributed by atoms with Crippen LogP contribution in [0.15, 0.2) is 36.7 Å². The first-order chi connectivity index (χ1) is 13.0. The minimum atomic E-state index is -5.09. The number of aliphatic hydroxyl groups is 1. The van der Waals surface area contributed by atoms with Crippen LogP contribution < -0.4 is 5.32 Å². The maximum Gasteiger partial charge on any atom is 0.425 e. The van der Waals surface area contributed by atoms with Crippen LogP contribution in [0.3, 0.4) is 0 Å². The molecule has 2 N–H and O–H groups in total. The Balaban J connectivity index is 2.06. The van der Waals surface area contributed by atoms with E-state index in [9.17, 15) is 27.9 Å². The molecule has 7 nitrogen and oxygen atoms in total. The number of halogens is 3. The second-order valence-electron chi connectivity index (χ2n) is 6.57. The van der Waals surface area contributed by atoms with Crippen molar-refractivity contribution >= 4 is 11.8 Å². The van der Waals surface area contributed by atoms with E-state index in [0.29, 0.717) is 11.1 Å². The number of nitrogens with zero attached hydrogens (tertiary/aromatic N) is 3. The highest BCUT2D eigenvalue weighted by Crippen LogP contribution is 2.40. The Hall–Kier alpha value is -2.88. The zero-order valence-electron chi connectivity index (χ0n) is 15.6. The summed E-state index contributed by atoms with van der Waals surface area (Å²) in [6.07, 6.45) is -3.95. The number of amides is 2. The monoisotopic (exact) mass is 398 g/mol. The highest BCUT2D eigenvalue weighted by Gasteiger charge is 2.58. The molecule has 0 aliphatic carbocycles. The molecule has 1 atom stereocenters. The molecular weight excluding hydrogens is 377 g/mol. The molecule has 0 radical (unpaired) electrons.